The molecule has 1 aliphatic rings. The van der Waals surface area contributed by atoms with Crippen molar-refractivity contribution in [1.29, 1.82) is 0 Å². The summed E-state index contributed by atoms with van der Waals surface area (Å²) in [6.45, 7) is 4.35. The molecule has 2 aromatic rings. The van der Waals surface area contributed by atoms with E-state index in [4.69, 9.17) is 4.74 Å². The number of rotatable bonds is 8. The van der Waals surface area contributed by atoms with Crippen LogP contribution < -0.4 is 4.74 Å². The number of amides is 1. The number of para-hydroxylation sites is 1. The molecule has 0 atom stereocenters. The molecule has 2 aromatic carbocycles. The summed E-state index contributed by atoms with van der Waals surface area (Å²) < 4.78 is 72.4. The van der Waals surface area contributed by atoms with Crippen LogP contribution in [0, 0.1) is 22.9 Å². The van der Waals surface area contributed by atoms with Crippen molar-refractivity contribution in [3.8, 4) is 5.75 Å². The molecule has 0 bridgehead atoms. The van der Waals surface area contributed by atoms with Gasteiger partial charge in [0.2, 0.25) is 15.9 Å². The predicted octanol–water partition coefficient (Wildman–Crippen LogP) is 3.82. The van der Waals surface area contributed by atoms with Gasteiger partial charge in [-0.2, -0.15) is 4.31 Å². The molecule has 33 heavy (non-hydrogen) atoms. The summed E-state index contributed by atoms with van der Waals surface area (Å²) >= 11 is 0. The van der Waals surface area contributed by atoms with Crippen molar-refractivity contribution in [2.24, 2.45) is 5.41 Å². The van der Waals surface area contributed by atoms with Gasteiger partial charge in [0.15, 0.2) is 17.4 Å². The van der Waals surface area contributed by atoms with Crippen molar-refractivity contribution in [3.63, 3.8) is 0 Å². The van der Waals surface area contributed by atoms with Gasteiger partial charge in [-0.15, -0.1) is 0 Å². The molecule has 0 spiro atoms. The highest BCUT2D eigenvalue weighted by molar-refractivity contribution is 7.89. The molecule has 6 nitrogen and oxygen atoms in total. The molecule has 0 aliphatic carbocycles. The second-order valence-corrected chi connectivity index (χ2v) is 10.5. The summed E-state index contributed by atoms with van der Waals surface area (Å²) in [5.41, 5.74) is -0.755. The zero-order chi connectivity index (χ0) is 24.2. The second-order valence-electron chi connectivity index (χ2n) is 8.54. The van der Waals surface area contributed by atoms with Gasteiger partial charge in [0.1, 0.15) is 5.82 Å². The minimum absolute atomic E-state index is 0.00953. The lowest BCUT2D eigenvalue weighted by Gasteiger charge is -2.38. The molecule has 10 heteroatoms. The van der Waals surface area contributed by atoms with E-state index in [0.717, 1.165) is 24.3 Å². The van der Waals surface area contributed by atoms with Crippen LogP contribution in [-0.2, 0) is 14.8 Å². The van der Waals surface area contributed by atoms with E-state index in [-0.39, 0.29) is 43.6 Å². The largest absolute Gasteiger partial charge is 0.488 e. The number of sulfonamides is 1. The average molecular weight is 485 g/mol. The Hall–Kier alpha value is -2.59. The van der Waals surface area contributed by atoms with Crippen molar-refractivity contribution in [2.45, 2.75) is 31.6 Å². The Morgan fingerprint density at radius 2 is 1.55 bits per heavy atom. The number of carbonyl (C=O) groups excluding carboxylic acids is 1. The molecular weight excluding hydrogens is 457 g/mol. The number of halogens is 3. The second kappa shape index (κ2) is 10.1. The van der Waals surface area contributed by atoms with Crippen LogP contribution in [0.5, 0.6) is 5.75 Å². The fourth-order valence-corrected chi connectivity index (χ4v) is 5.15. The van der Waals surface area contributed by atoms with E-state index in [2.05, 4.69) is 0 Å². The predicted molar refractivity (Wildman–Crippen MR) is 117 cm³/mol. The van der Waals surface area contributed by atoms with Gasteiger partial charge >= 0.3 is 0 Å². The van der Waals surface area contributed by atoms with E-state index in [0.29, 0.717) is 12.8 Å². The number of carbonyl (C=O) groups is 1. The fraction of sp³-hybridized carbons (Fsp3) is 0.435. The fourth-order valence-electron chi connectivity index (χ4n) is 3.73. The summed E-state index contributed by atoms with van der Waals surface area (Å²) in [5.74, 6) is -2.63. The van der Waals surface area contributed by atoms with Crippen LogP contribution in [0.15, 0.2) is 47.4 Å². The van der Waals surface area contributed by atoms with Crippen molar-refractivity contribution in [3.05, 3.63) is 59.9 Å². The van der Waals surface area contributed by atoms with Crippen molar-refractivity contribution in [1.82, 2.24) is 9.21 Å². The Morgan fingerprint density at radius 1 is 0.970 bits per heavy atom. The van der Waals surface area contributed by atoms with Crippen LogP contribution in [0.25, 0.3) is 0 Å². The Balaban J connectivity index is 1.51. The standard InChI is InChI=1S/C23H27F3N2O4S/c1-23(2,11-4-16-32-21-19(25)5-3-6-20(21)26)22(29)27-12-14-28(15-13-27)33(30,31)18-9-7-17(24)8-10-18/h3,5-10H,4,11-16H2,1-2H3. The molecule has 3 rings (SSSR count). The van der Waals surface area contributed by atoms with Gasteiger partial charge in [-0.3, -0.25) is 4.79 Å². The third kappa shape index (κ3) is 5.86. The normalized spacial score (nSPS) is 15.5. The van der Waals surface area contributed by atoms with Crippen LogP contribution in [0.2, 0.25) is 0 Å². The van der Waals surface area contributed by atoms with E-state index >= 15 is 0 Å². The highest BCUT2D eigenvalue weighted by Gasteiger charge is 2.36. The SMILES string of the molecule is CC(C)(CCCOc1c(F)cccc1F)C(=O)N1CCN(S(=O)(=O)c2ccc(F)cc2)CC1. The van der Waals surface area contributed by atoms with Crippen LogP contribution in [-0.4, -0.2) is 56.3 Å². The van der Waals surface area contributed by atoms with Gasteiger partial charge in [0.25, 0.3) is 0 Å². The third-order valence-electron chi connectivity index (χ3n) is 5.67. The van der Waals surface area contributed by atoms with E-state index in [1.54, 1.807) is 18.7 Å². The van der Waals surface area contributed by atoms with E-state index < -0.39 is 38.6 Å². The third-order valence-corrected chi connectivity index (χ3v) is 7.58. The molecule has 0 unspecified atom stereocenters. The lowest BCUT2D eigenvalue weighted by atomic mass is 9.86. The monoisotopic (exact) mass is 484 g/mol. The molecule has 0 aromatic heterocycles. The number of benzene rings is 2. The maximum atomic E-state index is 13.6. The Labute approximate surface area is 192 Å². The van der Waals surface area contributed by atoms with Gasteiger partial charge in [0, 0.05) is 31.6 Å². The summed E-state index contributed by atoms with van der Waals surface area (Å²) in [6.07, 6.45) is 0.835. The van der Waals surface area contributed by atoms with Crippen LogP contribution >= 0.6 is 0 Å². The number of hydrogen-bond acceptors (Lipinski definition) is 4. The van der Waals surface area contributed by atoms with Crippen LogP contribution in [0.1, 0.15) is 26.7 Å². The van der Waals surface area contributed by atoms with Crippen molar-refractivity contribution in [2.75, 3.05) is 32.8 Å². The topological polar surface area (TPSA) is 66.9 Å². The number of hydrogen-bond donors (Lipinski definition) is 0. The molecular formula is C23H27F3N2O4S. The van der Waals surface area contributed by atoms with Gasteiger partial charge in [-0.05, 0) is 49.2 Å². The van der Waals surface area contributed by atoms with Crippen molar-refractivity contribution < 1.29 is 31.1 Å². The number of ether oxygens (including phenoxy) is 1. The van der Waals surface area contributed by atoms with Crippen LogP contribution in [0.3, 0.4) is 0 Å². The number of nitrogens with zero attached hydrogens (tertiary/aromatic N) is 2. The first kappa shape index (κ1) is 25.0. The van der Waals surface area contributed by atoms with Gasteiger partial charge in [0.05, 0.1) is 11.5 Å². The minimum Gasteiger partial charge on any atom is -0.488 e. The first-order chi connectivity index (χ1) is 15.5. The lowest BCUT2D eigenvalue weighted by molar-refractivity contribution is -0.142. The molecule has 1 fully saturated rings. The number of piperazine rings is 1. The van der Waals surface area contributed by atoms with Gasteiger partial charge in [-0.1, -0.05) is 19.9 Å². The average Bonchev–Trinajstić information content (AvgIpc) is 2.78. The highest BCUT2D eigenvalue weighted by Crippen LogP contribution is 2.28. The van der Waals surface area contributed by atoms with E-state index in [9.17, 15) is 26.4 Å². The smallest absolute Gasteiger partial charge is 0.243 e. The van der Waals surface area contributed by atoms with Crippen LogP contribution in [0.4, 0.5) is 13.2 Å². The molecule has 180 valence electrons. The molecule has 0 radical (unpaired) electrons. The maximum absolute atomic E-state index is 13.6. The Morgan fingerprint density at radius 3 is 2.12 bits per heavy atom. The summed E-state index contributed by atoms with van der Waals surface area (Å²) in [5, 5.41) is 0. The van der Waals surface area contributed by atoms with Gasteiger partial charge in [-0.25, -0.2) is 21.6 Å². The Kier molecular flexibility index (Phi) is 7.69. The molecule has 0 N–H and O–H groups in total. The quantitative estimate of drug-likeness (QED) is 0.535. The van der Waals surface area contributed by atoms with Crippen molar-refractivity contribution >= 4 is 15.9 Å². The minimum atomic E-state index is -3.76. The first-order valence-electron chi connectivity index (χ1n) is 10.6. The molecule has 0 saturated carbocycles. The van der Waals surface area contributed by atoms with E-state index in [1.807, 2.05) is 0 Å². The lowest BCUT2D eigenvalue weighted by Crippen LogP contribution is -2.53. The zero-order valence-electron chi connectivity index (χ0n) is 18.6. The summed E-state index contributed by atoms with van der Waals surface area (Å²) in [6, 6.07) is 8.12. The molecule has 1 saturated heterocycles. The van der Waals surface area contributed by atoms with Gasteiger partial charge < -0.3 is 9.64 Å². The van der Waals surface area contributed by atoms with E-state index in [1.165, 1.54) is 22.5 Å². The molecule has 1 heterocycles. The summed E-state index contributed by atoms with van der Waals surface area (Å²) in [4.78, 5) is 14.6. The first-order valence-corrected chi connectivity index (χ1v) is 12.1. The molecule has 1 aliphatic heterocycles. The zero-order valence-corrected chi connectivity index (χ0v) is 19.4. The maximum Gasteiger partial charge on any atom is 0.243 e. The molecule has 1 amide bonds. The highest BCUT2D eigenvalue weighted by atomic mass is 32.2. The Bertz CT molecular complexity index is 1060. The summed E-state index contributed by atoms with van der Waals surface area (Å²) in [7, 11) is -3.76.